The third-order valence-electron chi connectivity index (χ3n) is 3.06. The van der Waals surface area contributed by atoms with E-state index >= 15 is 0 Å². The highest BCUT2D eigenvalue weighted by Gasteiger charge is 2.11. The predicted octanol–water partition coefficient (Wildman–Crippen LogP) is 2.17. The van der Waals surface area contributed by atoms with Crippen LogP contribution in [0.1, 0.15) is 26.2 Å². The second-order valence-corrected chi connectivity index (χ2v) is 4.61. The molecule has 2 aromatic rings. The SMILES string of the molecule is CCC[C@H](CCO)Nc1cc(N)nc2cccnc12. The van der Waals surface area contributed by atoms with Crippen LogP contribution in [0, 0.1) is 0 Å². The van der Waals surface area contributed by atoms with Gasteiger partial charge < -0.3 is 16.2 Å². The van der Waals surface area contributed by atoms with E-state index in [1.165, 1.54) is 0 Å². The van der Waals surface area contributed by atoms with Gasteiger partial charge in [-0.25, -0.2) is 4.98 Å². The highest BCUT2D eigenvalue weighted by molar-refractivity contribution is 5.89. The third kappa shape index (κ3) is 3.32. The number of nitrogens with zero attached hydrogens (tertiary/aromatic N) is 2. The zero-order valence-corrected chi connectivity index (χ0v) is 11.1. The Hall–Kier alpha value is -1.88. The van der Waals surface area contributed by atoms with E-state index in [4.69, 9.17) is 10.8 Å². The van der Waals surface area contributed by atoms with E-state index in [1.54, 1.807) is 12.3 Å². The molecule has 0 unspecified atom stereocenters. The maximum absolute atomic E-state index is 9.12. The summed E-state index contributed by atoms with van der Waals surface area (Å²) in [6.07, 6.45) is 4.51. The lowest BCUT2D eigenvalue weighted by atomic mass is 10.1. The van der Waals surface area contributed by atoms with Crippen LogP contribution >= 0.6 is 0 Å². The van der Waals surface area contributed by atoms with Gasteiger partial charge in [0.15, 0.2) is 0 Å². The number of anilines is 2. The average molecular weight is 260 g/mol. The van der Waals surface area contributed by atoms with Gasteiger partial charge in [0.2, 0.25) is 0 Å². The van der Waals surface area contributed by atoms with Gasteiger partial charge >= 0.3 is 0 Å². The van der Waals surface area contributed by atoms with Crippen LogP contribution in [0.5, 0.6) is 0 Å². The number of pyridine rings is 2. The van der Waals surface area contributed by atoms with Crippen LogP contribution in [0.4, 0.5) is 11.5 Å². The first-order chi connectivity index (χ1) is 9.24. The number of rotatable bonds is 6. The Balaban J connectivity index is 2.32. The topological polar surface area (TPSA) is 84.1 Å². The van der Waals surface area contributed by atoms with Gasteiger partial charge in [-0.1, -0.05) is 13.3 Å². The maximum Gasteiger partial charge on any atom is 0.126 e. The van der Waals surface area contributed by atoms with Crippen molar-refractivity contribution in [3.63, 3.8) is 0 Å². The number of nitrogens with two attached hydrogens (primary N) is 1. The number of aliphatic hydroxyl groups excluding tert-OH is 1. The number of aliphatic hydroxyl groups is 1. The molecule has 0 amide bonds. The van der Waals surface area contributed by atoms with E-state index in [0.717, 1.165) is 29.6 Å². The van der Waals surface area contributed by atoms with E-state index in [0.29, 0.717) is 12.2 Å². The predicted molar refractivity (Wildman–Crippen MR) is 78.0 cm³/mol. The summed E-state index contributed by atoms with van der Waals surface area (Å²) in [6.45, 7) is 2.30. The molecule has 2 heterocycles. The molecule has 0 saturated carbocycles. The molecule has 0 aliphatic heterocycles. The minimum Gasteiger partial charge on any atom is -0.396 e. The molecule has 1 atom stereocenters. The minimum absolute atomic E-state index is 0.170. The van der Waals surface area contributed by atoms with Crippen molar-refractivity contribution in [1.29, 1.82) is 0 Å². The minimum atomic E-state index is 0.170. The first-order valence-electron chi connectivity index (χ1n) is 6.63. The molecule has 0 aromatic carbocycles. The van der Waals surface area contributed by atoms with Gasteiger partial charge in [-0.2, -0.15) is 0 Å². The Morgan fingerprint density at radius 3 is 3.00 bits per heavy atom. The summed E-state index contributed by atoms with van der Waals surface area (Å²) >= 11 is 0. The molecular weight excluding hydrogens is 240 g/mol. The molecule has 5 heteroatoms. The van der Waals surface area contributed by atoms with Crippen molar-refractivity contribution in [2.45, 2.75) is 32.2 Å². The molecule has 0 radical (unpaired) electrons. The first kappa shape index (κ1) is 13.5. The normalized spacial score (nSPS) is 12.5. The quantitative estimate of drug-likeness (QED) is 0.741. The second-order valence-electron chi connectivity index (χ2n) is 4.61. The van der Waals surface area contributed by atoms with Crippen molar-refractivity contribution < 1.29 is 5.11 Å². The van der Waals surface area contributed by atoms with Crippen molar-refractivity contribution in [1.82, 2.24) is 9.97 Å². The summed E-state index contributed by atoms with van der Waals surface area (Å²) in [6, 6.07) is 5.76. The van der Waals surface area contributed by atoms with Gasteiger partial charge in [-0.05, 0) is 25.0 Å². The summed E-state index contributed by atoms with van der Waals surface area (Å²) < 4.78 is 0. The average Bonchev–Trinajstić information content (AvgIpc) is 2.39. The number of hydrogen-bond acceptors (Lipinski definition) is 5. The van der Waals surface area contributed by atoms with Crippen LogP contribution in [0.2, 0.25) is 0 Å². The molecule has 102 valence electrons. The largest absolute Gasteiger partial charge is 0.396 e. The lowest BCUT2D eigenvalue weighted by Gasteiger charge is -2.19. The fourth-order valence-electron chi connectivity index (χ4n) is 2.21. The number of fused-ring (bicyclic) bond motifs is 1. The molecule has 0 saturated heterocycles. The standard InChI is InChI=1S/C14H20N4O/c1-2-4-10(6-8-19)17-12-9-13(15)18-11-5-3-7-16-14(11)12/h3,5,7,9-10,19H,2,4,6,8H2,1H3,(H3,15,17,18)/t10-/m1/s1. The Kier molecular flexibility index (Phi) is 4.52. The van der Waals surface area contributed by atoms with Crippen molar-refractivity contribution in [2.24, 2.45) is 0 Å². The Labute approximate surface area is 112 Å². The Morgan fingerprint density at radius 1 is 1.42 bits per heavy atom. The van der Waals surface area contributed by atoms with Crippen molar-refractivity contribution in [3.8, 4) is 0 Å². The fraction of sp³-hybridized carbons (Fsp3) is 0.429. The van der Waals surface area contributed by atoms with Crippen LogP contribution in [0.25, 0.3) is 11.0 Å². The van der Waals surface area contributed by atoms with Crippen LogP contribution in [-0.4, -0.2) is 27.7 Å². The number of nitrogens with one attached hydrogen (secondary N) is 1. The van der Waals surface area contributed by atoms with Crippen LogP contribution < -0.4 is 11.1 Å². The van der Waals surface area contributed by atoms with Crippen LogP contribution in [-0.2, 0) is 0 Å². The van der Waals surface area contributed by atoms with E-state index < -0.39 is 0 Å². The van der Waals surface area contributed by atoms with Crippen LogP contribution in [0.15, 0.2) is 24.4 Å². The molecule has 0 spiro atoms. The van der Waals surface area contributed by atoms with Gasteiger partial charge in [0.05, 0.1) is 11.2 Å². The van der Waals surface area contributed by atoms with Crippen molar-refractivity contribution >= 4 is 22.5 Å². The molecule has 5 nitrogen and oxygen atoms in total. The monoisotopic (exact) mass is 260 g/mol. The smallest absolute Gasteiger partial charge is 0.126 e. The van der Waals surface area contributed by atoms with Gasteiger partial charge in [0.1, 0.15) is 11.3 Å². The summed E-state index contributed by atoms with van der Waals surface area (Å²) in [5, 5.41) is 12.5. The summed E-state index contributed by atoms with van der Waals surface area (Å²) in [7, 11) is 0. The highest BCUT2D eigenvalue weighted by Crippen LogP contribution is 2.23. The molecule has 2 rings (SSSR count). The second kappa shape index (κ2) is 6.33. The van der Waals surface area contributed by atoms with Crippen molar-refractivity contribution in [2.75, 3.05) is 17.7 Å². The highest BCUT2D eigenvalue weighted by atomic mass is 16.3. The summed E-state index contributed by atoms with van der Waals surface area (Å²) in [4.78, 5) is 8.61. The number of aromatic nitrogens is 2. The van der Waals surface area contributed by atoms with Gasteiger partial charge in [-0.3, -0.25) is 4.98 Å². The van der Waals surface area contributed by atoms with Crippen LogP contribution in [0.3, 0.4) is 0 Å². The summed E-state index contributed by atoms with van der Waals surface area (Å²) in [5.41, 5.74) is 8.30. The first-order valence-corrected chi connectivity index (χ1v) is 6.63. The van der Waals surface area contributed by atoms with E-state index in [2.05, 4.69) is 22.2 Å². The number of hydrogen-bond donors (Lipinski definition) is 3. The van der Waals surface area contributed by atoms with E-state index in [-0.39, 0.29) is 12.6 Å². The zero-order valence-electron chi connectivity index (χ0n) is 11.1. The Morgan fingerprint density at radius 2 is 2.26 bits per heavy atom. The summed E-state index contributed by atoms with van der Waals surface area (Å²) in [5.74, 6) is 0.474. The van der Waals surface area contributed by atoms with Gasteiger partial charge in [0.25, 0.3) is 0 Å². The fourth-order valence-corrected chi connectivity index (χ4v) is 2.21. The third-order valence-corrected chi connectivity index (χ3v) is 3.06. The molecule has 0 aliphatic rings. The molecular formula is C14H20N4O. The zero-order chi connectivity index (χ0) is 13.7. The molecule has 4 N–H and O–H groups in total. The maximum atomic E-state index is 9.12. The van der Waals surface area contributed by atoms with Crippen molar-refractivity contribution in [3.05, 3.63) is 24.4 Å². The molecule has 2 aromatic heterocycles. The lowest BCUT2D eigenvalue weighted by Crippen LogP contribution is -2.21. The molecule has 0 fully saturated rings. The van der Waals surface area contributed by atoms with Gasteiger partial charge in [0, 0.05) is 24.9 Å². The van der Waals surface area contributed by atoms with Gasteiger partial charge in [-0.15, -0.1) is 0 Å². The van der Waals surface area contributed by atoms with E-state index in [9.17, 15) is 0 Å². The molecule has 0 bridgehead atoms. The molecule has 0 aliphatic carbocycles. The van der Waals surface area contributed by atoms with E-state index in [1.807, 2.05) is 12.1 Å². The molecule has 19 heavy (non-hydrogen) atoms. The lowest BCUT2D eigenvalue weighted by molar-refractivity contribution is 0.276. The number of nitrogen functional groups attached to an aromatic ring is 1. The Bertz CT molecular complexity index is 538.